The molecule has 1 N–H and O–H groups in total. The Morgan fingerprint density at radius 3 is 2.48 bits per heavy atom. The van der Waals surface area contributed by atoms with E-state index < -0.39 is 0 Å². The lowest BCUT2D eigenvalue weighted by Gasteiger charge is -2.09. The van der Waals surface area contributed by atoms with Crippen molar-refractivity contribution in [3.63, 3.8) is 0 Å². The van der Waals surface area contributed by atoms with Crippen molar-refractivity contribution in [3.8, 4) is 11.4 Å². The van der Waals surface area contributed by atoms with Crippen LogP contribution in [0.25, 0.3) is 5.69 Å². The first-order chi connectivity index (χ1) is 11.0. The van der Waals surface area contributed by atoms with Crippen LogP contribution in [0.5, 0.6) is 5.75 Å². The standard InChI is InChI=1S/C19H17ClN2O/c1-13-10-15(12-21-17-6-8-19(23)9-7-17)14(2)22(13)18-5-3-4-16(20)11-18/h3-12,23H,1-2H3. The van der Waals surface area contributed by atoms with Gasteiger partial charge in [0.15, 0.2) is 0 Å². The molecule has 0 aliphatic carbocycles. The second-order valence-electron chi connectivity index (χ2n) is 5.42. The molecule has 0 atom stereocenters. The summed E-state index contributed by atoms with van der Waals surface area (Å²) in [4.78, 5) is 4.47. The van der Waals surface area contributed by atoms with E-state index in [2.05, 4.69) is 29.5 Å². The van der Waals surface area contributed by atoms with Gasteiger partial charge in [-0.3, -0.25) is 4.99 Å². The summed E-state index contributed by atoms with van der Waals surface area (Å²) in [5.74, 6) is 0.239. The Balaban J connectivity index is 1.96. The molecular formula is C19H17ClN2O. The van der Waals surface area contributed by atoms with E-state index >= 15 is 0 Å². The summed E-state index contributed by atoms with van der Waals surface area (Å²) >= 11 is 6.10. The quantitative estimate of drug-likeness (QED) is 0.660. The number of phenols is 1. The number of rotatable bonds is 3. The van der Waals surface area contributed by atoms with Crippen LogP contribution in [0.2, 0.25) is 5.02 Å². The third-order valence-corrected chi connectivity index (χ3v) is 3.97. The van der Waals surface area contributed by atoms with Crippen molar-refractivity contribution in [1.29, 1.82) is 0 Å². The molecule has 4 heteroatoms. The van der Waals surface area contributed by atoms with Gasteiger partial charge in [0.1, 0.15) is 5.75 Å². The molecular weight excluding hydrogens is 308 g/mol. The molecule has 23 heavy (non-hydrogen) atoms. The topological polar surface area (TPSA) is 37.5 Å². The van der Waals surface area contributed by atoms with Gasteiger partial charge in [-0.25, -0.2) is 0 Å². The van der Waals surface area contributed by atoms with Gasteiger partial charge < -0.3 is 9.67 Å². The summed E-state index contributed by atoms with van der Waals surface area (Å²) in [7, 11) is 0. The smallest absolute Gasteiger partial charge is 0.115 e. The molecule has 0 unspecified atom stereocenters. The minimum absolute atomic E-state index is 0.239. The average Bonchev–Trinajstić information content (AvgIpc) is 2.81. The number of halogens is 1. The monoisotopic (exact) mass is 324 g/mol. The largest absolute Gasteiger partial charge is 0.508 e. The molecule has 1 heterocycles. The lowest BCUT2D eigenvalue weighted by Crippen LogP contribution is -1.99. The van der Waals surface area contributed by atoms with Gasteiger partial charge in [-0.15, -0.1) is 0 Å². The molecule has 3 aromatic rings. The van der Waals surface area contributed by atoms with Crippen LogP contribution in [-0.4, -0.2) is 15.9 Å². The molecule has 116 valence electrons. The van der Waals surface area contributed by atoms with E-state index in [4.69, 9.17) is 11.6 Å². The molecule has 3 rings (SSSR count). The number of phenolic OH excluding ortho intramolecular Hbond substituents is 1. The summed E-state index contributed by atoms with van der Waals surface area (Å²) in [6, 6.07) is 16.7. The van der Waals surface area contributed by atoms with Crippen molar-refractivity contribution in [2.45, 2.75) is 13.8 Å². The van der Waals surface area contributed by atoms with E-state index in [1.165, 1.54) is 0 Å². The van der Waals surface area contributed by atoms with Crippen LogP contribution in [0.3, 0.4) is 0 Å². The van der Waals surface area contributed by atoms with E-state index in [0.29, 0.717) is 5.02 Å². The Hall–Kier alpha value is -2.52. The number of aliphatic imine (C=N–C) groups is 1. The van der Waals surface area contributed by atoms with Crippen LogP contribution in [0.15, 0.2) is 59.6 Å². The number of nitrogens with zero attached hydrogens (tertiary/aromatic N) is 2. The molecule has 0 spiro atoms. The van der Waals surface area contributed by atoms with Crippen molar-refractivity contribution in [3.05, 3.63) is 76.6 Å². The van der Waals surface area contributed by atoms with Crippen LogP contribution in [0.4, 0.5) is 5.69 Å². The Bertz CT molecular complexity index is 864. The van der Waals surface area contributed by atoms with Crippen LogP contribution in [-0.2, 0) is 0 Å². The van der Waals surface area contributed by atoms with Crippen LogP contribution in [0, 0.1) is 13.8 Å². The maximum Gasteiger partial charge on any atom is 0.115 e. The Morgan fingerprint density at radius 1 is 1.04 bits per heavy atom. The van der Waals surface area contributed by atoms with Gasteiger partial charge in [0.25, 0.3) is 0 Å². The molecule has 0 aliphatic rings. The zero-order chi connectivity index (χ0) is 16.4. The number of aryl methyl sites for hydroxylation is 1. The van der Waals surface area contributed by atoms with E-state index in [0.717, 1.165) is 28.3 Å². The first kappa shape index (κ1) is 15.4. The first-order valence-electron chi connectivity index (χ1n) is 7.32. The fourth-order valence-electron chi connectivity index (χ4n) is 2.61. The minimum Gasteiger partial charge on any atom is -0.508 e. The maximum absolute atomic E-state index is 9.31. The number of hydrogen-bond donors (Lipinski definition) is 1. The summed E-state index contributed by atoms with van der Waals surface area (Å²) < 4.78 is 2.16. The van der Waals surface area contributed by atoms with E-state index in [-0.39, 0.29) is 5.75 Å². The predicted octanol–water partition coefficient (Wildman–Crippen LogP) is 5.20. The molecule has 0 saturated carbocycles. The van der Waals surface area contributed by atoms with E-state index in [9.17, 15) is 5.11 Å². The molecule has 0 amide bonds. The highest BCUT2D eigenvalue weighted by atomic mass is 35.5. The van der Waals surface area contributed by atoms with Crippen molar-refractivity contribution >= 4 is 23.5 Å². The van der Waals surface area contributed by atoms with Crippen molar-refractivity contribution in [2.75, 3.05) is 0 Å². The van der Waals surface area contributed by atoms with Gasteiger partial charge in [0, 0.05) is 33.9 Å². The van der Waals surface area contributed by atoms with Gasteiger partial charge in [-0.05, 0) is 62.4 Å². The number of benzene rings is 2. The number of aromatic nitrogens is 1. The number of aromatic hydroxyl groups is 1. The van der Waals surface area contributed by atoms with Crippen molar-refractivity contribution in [1.82, 2.24) is 4.57 Å². The van der Waals surface area contributed by atoms with Gasteiger partial charge in [0.05, 0.1) is 5.69 Å². The SMILES string of the molecule is Cc1cc(C=Nc2ccc(O)cc2)c(C)n1-c1cccc(Cl)c1. The van der Waals surface area contributed by atoms with Crippen molar-refractivity contribution < 1.29 is 5.11 Å². The van der Waals surface area contributed by atoms with E-state index in [1.54, 1.807) is 24.3 Å². The molecule has 0 bridgehead atoms. The lowest BCUT2D eigenvalue weighted by molar-refractivity contribution is 0.475. The summed E-state index contributed by atoms with van der Waals surface area (Å²) in [5, 5.41) is 10.0. The Labute approximate surface area is 140 Å². The summed E-state index contributed by atoms with van der Waals surface area (Å²) in [6.45, 7) is 4.12. The molecule has 0 aliphatic heterocycles. The average molecular weight is 325 g/mol. The van der Waals surface area contributed by atoms with Crippen LogP contribution < -0.4 is 0 Å². The van der Waals surface area contributed by atoms with Crippen LogP contribution in [0.1, 0.15) is 17.0 Å². The Kier molecular flexibility index (Phi) is 4.22. The molecule has 0 fully saturated rings. The molecule has 0 saturated heterocycles. The summed E-state index contributed by atoms with van der Waals surface area (Å²) in [5.41, 5.74) is 5.12. The highest BCUT2D eigenvalue weighted by Crippen LogP contribution is 2.23. The first-order valence-corrected chi connectivity index (χ1v) is 7.70. The fraction of sp³-hybridized carbons (Fsp3) is 0.105. The zero-order valence-electron chi connectivity index (χ0n) is 13.0. The van der Waals surface area contributed by atoms with Gasteiger partial charge in [-0.1, -0.05) is 17.7 Å². The predicted molar refractivity (Wildman–Crippen MR) is 95.6 cm³/mol. The third kappa shape index (κ3) is 3.30. The minimum atomic E-state index is 0.239. The third-order valence-electron chi connectivity index (χ3n) is 3.74. The molecule has 0 radical (unpaired) electrons. The fourth-order valence-corrected chi connectivity index (χ4v) is 2.80. The van der Waals surface area contributed by atoms with E-state index in [1.807, 2.05) is 30.5 Å². The molecule has 3 nitrogen and oxygen atoms in total. The Morgan fingerprint density at radius 2 is 1.78 bits per heavy atom. The summed E-state index contributed by atoms with van der Waals surface area (Å²) in [6.07, 6.45) is 1.84. The van der Waals surface area contributed by atoms with Gasteiger partial charge in [-0.2, -0.15) is 0 Å². The highest BCUT2D eigenvalue weighted by Gasteiger charge is 2.09. The maximum atomic E-state index is 9.31. The second kappa shape index (κ2) is 6.31. The van der Waals surface area contributed by atoms with Crippen LogP contribution >= 0.6 is 11.6 Å². The van der Waals surface area contributed by atoms with Gasteiger partial charge >= 0.3 is 0 Å². The molecule has 1 aromatic heterocycles. The van der Waals surface area contributed by atoms with Gasteiger partial charge in [0.2, 0.25) is 0 Å². The normalized spacial score (nSPS) is 11.3. The van der Waals surface area contributed by atoms with Crippen molar-refractivity contribution in [2.24, 2.45) is 4.99 Å². The lowest BCUT2D eigenvalue weighted by atomic mass is 10.2. The number of hydrogen-bond acceptors (Lipinski definition) is 2. The zero-order valence-corrected chi connectivity index (χ0v) is 13.7. The molecule has 2 aromatic carbocycles. The second-order valence-corrected chi connectivity index (χ2v) is 5.85. The highest BCUT2D eigenvalue weighted by molar-refractivity contribution is 6.30.